The number of aliphatic carboxylic acids is 1. The lowest BCUT2D eigenvalue weighted by molar-refractivity contribution is -0.508. The summed E-state index contributed by atoms with van der Waals surface area (Å²) in [7, 11) is 0. The minimum Gasteiger partial charge on any atom is -0.543 e. The number of halogens is 1. The number of rotatable bonds is 9. The van der Waals surface area contributed by atoms with Crippen molar-refractivity contribution in [3.63, 3.8) is 0 Å². The number of imidazole rings is 1. The van der Waals surface area contributed by atoms with Crippen molar-refractivity contribution in [1.29, 1.82) is 0 Å². The lowest BCUT2D eigenvalue weighted by Gasteiger charge is -2.47. The van der Waals surface area contributed by atoms with Crippen LogP contribution in [0.1, 0.15) is 18.7 Å². The number of carbonyl (C=O) groups is 2. The summed E-state index contributed by atoms with van der Waals surface area (Å²) in [5, 5.41) is 22.9. The Kier molecular flexibility index (Phi) is 6.34. The molecule has 0 aromatic carbocycles. The van der Waals surface area contributed by atoms with E-state index in [1.165, 1.54) is 28.0 Å². The van der Waals surface area contributed by atoms with Crippen LogP contribution in [0.5, 0.6) is 0 Å². The molecule has 2 aromatic rings. The number of carboxylic acid groups (broad SMARTS) is 1. The molecule has 0 unspecified atom stereocenters. The Morgan fingerprint density at radius 2 is 2.25 bits per heavy atom. The number of nitrogens with zero attached hydrogens (tertiary/aromatic N) is 3. The van der Waals surface area contributed by atoms with E-state index in [0.717, 1.165) is 14.7 Å². The van der Waals surface area contributed by atoms with E-state index in [2.05, 4.69) is 0 Å². The van der Waals surface area contributed by atoms with Crippen molar-refractivity contribution in [2.24, 2.45) is 17.6 Å². The molecule has 4 heterocycles. The first-order valence-corrected chi connectivity index (χ1v) is 12.2. The van der Waals surface area contributed by atoms with Gasteiger partial charge in [0.2, 0.25) is 15.8 Å². The maximum absolute atomic E-state index is 12.6. The summed E-state index contributed by atoms with van der Waals surface area (Å²) in [6.07, 6.45) is 4.24. The Morgan fingerprint density at radius 1 is 1.53 bits per heavy atom. The monoisotopic (exact) mass is 484 g/mol. The molecule has 12 heteroatoms. The number of carbonyl (C=O) groups excluding carboxylic acids is 2. The minimum atomic E-state index is -1.40. The average molecular weight is 485 g/mol. The fraction of sp³-hybridized carbons (Fsp3) is 0.550. The van der Waals surface area contributed by atoms with Crippen molar-refractivity contribution in [1.82, 2.24) is 9.47 Å². The van der Waals surface area contributed by atoms with Crippen LogP contribution in [0.3, 0.4) is 0 Å². The molecule has 32 heavy (non-hydrogen) atoms. The smallest absolute Gasteiger partial charge is 0.250 e. The predicted octanol–water partition coefficient (Wildman–Crippen LogP) is -0.400. The molecular formula is C20H25FN4O5S2. The number of aliphatic hydroxyl groups excluding tert-OH is 1. The molecule has 0 spiro atoms. The number of fused-ring (bicyclic) bond motifs is 2. The van der Waals surface area contributed by atoms with Crippen molar-refractivity contribution in [2.45, 2.75) is 43.7 Å². The predicted molar refractivity (Wildman–Crippen MR) is 114 cm³/mol. The number of alkyl halides is 1. The van der Waals surface area contributed by atoms with Gasteiger partial charge in [0.25, 0.3) is 6.33 Å². The number of aliphatic hydroxyl groups is 1. The second-order valence-corrected chi connectivity index (χ2v) is 9.85. The van der Waals surface area contributed by atoms with Crippen LogP contribution >= 0.6 is 23.1 Å². The first-order chi connectivity index (χ1) is 15.2. The summed E-state index contributed by atoms with van der Waals surface area (Å²) in [5.41, 5.74) is 6.10. The third kappa shape index (κ3) is 3.45. The highest BCUT2D eigenvalue weighted by atomic mass is 32.2. The van der Waals surface area contributed by atoms with E-state index in [1.807, 2.05) is 34.7 Å². The van der Waals surface area contributed by atoms with Gasteiger partial charge in [0, 0.05) is 18.0 Å². The Bertz CT molecular complexity index is 1100. The lowest BCUT2D eigenvalue weighted by Crippen LogP contribution is -2.64. The standard InChI is InChI=1S/C20H25FN4O5S2/c1-9-13(16(20(28)29)25-15(9)14(10(2)26)17(25)27)12-6-24-8-23(5-11(4-22)30-7-21)18(31-3)19(24)32-12/h6,8-11,14-15,26H,4-5,7,22H2,1-3H3/t9-,10+,11+,14+,15+/m0/s1. The SMILES string of the molecule is CSc1c2sc(C3=C(C(=O)[O-])N4C(=O)[C@H]([C@@H](C)O)[C@H]4[C@H]3C)c[n+]2cn1C[C@@H](CN)OCF. The van der Waals surface area contributed by atoms with Crippen molar-refractivity contribution in [3.05, 3.63) is 23.1 Å². The van der Waals surface area contributed by atoms with Gasteiger partial charge in [-0.3, -0.25) is 4.79 Å². The number of ether oxygens (including phenoxy) is 1. The normalized spacial score (nSPS) is 24.8. The minimum absolute atomic E-state index is 0.118. The quantitative estimate of drug-likeness (QED) is 0.282. The molecule has 174 valence electrons. The molecule has 0 bridgehead atoms. The summed E-state index contributed by atoms with van der Waals surface area (Å²) >= 11 is 2.91. The lowest BCUT2D eigenvalue weighted by atomic mass is 9.77. The Balaban J connectivity index is 1.74. The van der Waals surface area contributed by atoms with Crippen molar-refractivity contribution in [2.75, 3.05) is 19.7 Å². The topological polar surface area (TPSA) is 125 Å². The van der Waals surface area contributed by atoms with Crippen LogP contribution in [0.25, 0.3) is 10.4 Å². The molecule has 0 saturated carbocycles. The number of carboxylic acids is 1. The van der Waals surface area contributed by atoms with E-state index >= 15 is 0 Å². The second-order valence-electron chi connectivity index (χ2n) is 8.02. The summed E-state index contributed by atoms with van der Waals surface area (Å²) in [6.45, 7) is 3.06. The van der Waals surface area contributed by atoms with Gasteiger partial charge in [-0.05, 0) is 13.2 Å². The molecular weight excluding hydrogens is 459 g/mol. The number of aromatic nitrogens is 2. The molecule has 1 saturated heterocycles. The number of β-lactam (4-membered cyclic amide) rings is 1. The van der Waals surface area contributed by atoms with Gasteiger partial charge in [-0.1, -0.05) is 30.0 Å². The summed E-state index contributed by atoms with van der Waals surface area (Å²) in [6, 6.07) is -0.403. The van der Waals surface area contributed by atoms with Crippen LogP contribution in [-0.4, -0.2) is 64.4 Å². The Labute approximate surface area is 192 Å². The number of hydrogen-bond acceptors (Lipinski definition) is 8. The zero-order chi connectivity index (χ0) is 23.3. The van der Waals surface area contributed by atoms with Crippen LogP contribution in [0.15, 0.2) is 23.2 Å². The zero-order valence-electron chi connectivity index (χ0n) is 17.9. The summed E-state index contributed by atoms with van der Waals surface area (Å²) < 4.78 is 21.4. The molecule has 2 aliphatic rings. The molecule has 1 amide bonds. The highest BCUT2D eigenvalue weighted by Gasteiger charge is 2.59. The van der Waals surface area contributed by atoms with E-state index in [9.17, 15) is 24.2 Å². The number of thioether (sulfide) groups is 1. The van der Waals surface area contributed by atoms with Crippen LogP contribution < -0.4 is 15.2 Å². The van der Waals surface area contributed by atoms with Crippen molar-refractivity contribution in [3.8, 4) is 0 Å². The van der Waals surface area contributed by atoms with Gasteiger partial charge in [-0.25, -0.2) is 8.96 Å². The molecule has 2 aliphatic heterocycles. The molecule has 3 N–H and O–H groups in total. The second kappa shape index (κ2) is 8.75. The molecule has 0 aliphatic carbocycles. The largest absolute Gasteiger partial charge is 0.543 e. The first kappa shape index (κ1) is 23.2. The summed E-state index contributed by atoms with van der Waals surface area (Å²) in [5.74, 6) is -2.69. The number of thiazole rings is 1. The maximum Gasteiger partial charge on any atom is 0.250 e. The van der Waals surface area contributed by atoms with Crippen molar-refractivity contribution < 1.29 is 33.3 Å². The molecule has 2 aromatic heterocycles. The van der Waals surface area contributed by atoms with Gasteiger partial charge in [-0.2, -0.15) is 4.40 Å². The van der Waals surface area contributed by atoms with Crippen molar-refractivity contribution >= 4 is 45.4 Å². The third-order valence-electron chi connectivity index (χ3n) is 6.19. The van der Waals surface area contributed by atoms with Crippen LogP contribution in [0.2, 0.25) is 0 Å². The Morgan fingerprint density at radius 3 is 2.81 bits per heavy atom. The van der Waals surface area contributed by atoms with Gasteiger partial charge < -0.3 is 30.4 Å². The number of nitrogens with two attached hydrogens (primary N) is 1. The highest BCUT2D eigenvalue weighted by molar-refractivity contribution is 7.98. The van der Waals surface area contributed by atoms with E-state index < -0.39 is 42.9 Å². The van der Waals surface area contributed by atoms with E-state index in [0.29, 0.717) is 12.1 Å². The Hall–Kier alpha value is -1.99. The third-order valence-corrected chi connectivity index (χ3v) is 8.28. The van der Waals surface area contributed by atoms with Crippen LogP contribution in [0, 0.1) is 11.8 Å². The molecule has 1 fully saturated rings. The van der Waals surface area contributed by atoms with Crippen LogP contribution in [-0.2, 0) is 20.9 Å². The van der Waals surface area contributed by atoms with Gasteiger partial charge >= 0.3 is 0 Å². The maximum atomic E-state index is 12.6. The van der Waals surface area contributed by atoms with Gasteiger partial charge in [-0.15, -0.1) is 0 Å². The van der Waals surface area contributed by atoms with Crippen LogP contribution in [0.4, 0.5) is 4.39 Å². The average Bonchev–Trinajstić information content (AvgIpc) is 3.34. The van der Waals surface area contributed by atoms with E-state index in [4.69, 9.17) is 10.5 Å². The molecule has 5 atom stereocenters. The number of amides is 1. The fourth-order valence-corrected chi connectivity index (χ4v) is 6.97. The molecule has 0 radical (unpaired) electrons. The highest BCUT2D eigenvalue weighted by Crippen LogP contribution is 2.51. The molecule has 4 rings (SSSR count). The van der Waals surface area contributed by atoms with E-state index in [-0.39, 0.29) is 18.2 Å². The fourth-order valence-electron chi connectivity index (χ4n) is 4.78. The van der Waals surface area contributed by atoms with Gasteiger partial charge in [0.1, 0.15) is 18.8 Å². The van der Waals surface area contributed by atoms with Gasteiger partial charge in [0.15, 0.2) is 6.86 Å². The van der Waals surface area contributed by atoms with Gasteiger partial charge in [0.05, 0.1) is 34.6 Å². The summed E-state index contributed by atoms with van der Waals surface area (Å²) in [4.78, 5) is 27.4. The van der Waals surface area contributed by atoms with E-state index in [1.54, 1.807) is 6.92 Å². The molecule has 9 nitrogen and oxygen atoms in total. The first-order valence-electron chi connectivity index (χ1n) is 10.2. The number of hydrogen-bond donors (Lipinski definition) is 2. The zero-order valence-corrected chi connectivity index (χ0v) is 19.5.